The van der Waals surface area contributed by atoms with Crippen LogP contribution in [0.25, 0.3) is 0 Å². The third-order valence-electron chi connectivity index (χ3n) is 3.12. The van der Waals surface area contributed by atoms with Crippen LogP contribution in [0.5, 0.6) is 0 Å². The van der Waals surface area contributed by atoms with E-state index in [2.05, 4.69) is 54.7 Å². The highest BCUT2D eigenvalue weighted by atomic mass is 32.2. The second kappa shape index (κ2) is 7.62. The Bertz CT molecular complexity index is 307. The molecule has 1 aromatic carbocycles. The lowest BCUT2D eigenvalue weighted by atomic mass is 10.0. The summed E-state index contributed by atoms with van der Waals surface area (Å²) in [5, 5.41) is 3.33. The second-order valence-corrected chi connectivity index (χ2v) is 5.24. The molecule has 0 heterocycles. The van der Waals surface area contributed by atoms with Crippen molar-refractivity contribution >= 4 is 17.4 Å². The molecule has 0 aliphatic heterocycles. The average molecular weight is 252 g/mol. The van der Waals surface area contributed by atoms with Crippen LogP contribution >= 0.6 is 11.8 Å². The fraction of sp³-hybridized carbons (Fsp3) is 0.571. The summed E-state index contributed by atoms with van der Waals surface area (Å²) < 4.78 is 0. The Labute approximate surface area is 110 Å². The third kappa shape index (κ3) is 4.25. The van der Waals surface area contributed by atoms with Gasteiger partial charge in [-0.05, 0) is 37.4 Å². The minimum atomic E-state index is 0.473. The van der Waals surface area contributed by atoms with Gasteiger partial charge in [-0.3, -0.25) is 0 Å². The standard InChI is InChI=1S/C14H24N2S/c1-5-14(15-2)12-6-8-13(9-7-12)16(3)10-11-17-4/h6-9,14-15H,5,10-11H2,1-4H3. The van der Waals surface area contributed by atoms with Crippen LogP contribution in [0.1, 0.15) is 24.9 Å². The molecule has 0 spiro atoms. The fourth-order valence-corrected chi connectivity index (χ4v) is 2.38. The number of nitrogens with one attached hydrogen (secondary N) is 1. The van der Waals surface area contributed by atoms with E-state index in [4.69, 9.17) is 0 Å². The first-order chi connectivity index (χ1) is 8.22. The van der Waals surface area contributed by atoms with Crippen LogP contribution in [0.4, 0.5) is 5.69 Å². The van der Waals surface area contributed by atoms with Gasteiger partial charge in [0, 0.05) is 31.1 Å². The number of hydrogen-bond donors (Lipinski definition) is 1. The third-order valence-corrected chi connectivity index (χ3v) is 3.71. The number of hydrogen-bond acceptors (Lipinski definition) is 3. The van der Waals surface area contributed by atoms with Crippen molar-refractivity contribution in [3.05, 3.63) is 29.8 Å². The molecular formula is C14H24N2S. The van der Waals surface area contributed by atoms with Crippen molar-refractivity contribution in [3.8, 4) is 0 Å². The van der Waals surface area contributed by atoms with E-state index in [-0.39, 0.29) is 0 Å². The lowest BCUT2D eigenvalue weighted by Gasteiger charge is -2.20. The molecule has 0 aliphatic rings. The maximum Gasteiger partial charge on any atom is 0.0364 e. The Balaban J connectivity index is 2.66. The highest BCUT2D eigenvalue weighted by molar-refractivity contribution is 7.98. The van der Waals surface area contributed by atoms with E-state index in [9.17, 15) is 0 Å². The van der Waals surface area contributed by atoms with E-state index < -0.39 is 0 Å². The van der Waals surface area contributed by atoms with Crippen LogP contribution in [-0.4, -0.2) is 32.6 Å². The predicted octanol–water partition coefficient (Wildman–Crippen LogP) is 3.16. The molecule has 1 rings (SSSR count). The number of rotatable bonds is 7. The molecule has 1 N–H and O–H groups in total. The van der Waals surface area contributed by atoms with E-state index in [1.807, 2.05) is 18.8 Å². The van der Waals surface area contributed by atoms with Gasteiger partial charge in [0.1, 0.15) is 0 Å². The van der Waals surface area contributed by atoms with Crippen molar-refractivity contribution < 1.29 is 0 Å². The molecule has 3 heteroatoms. The van der Waals surface area contributed by atoms with Crippen molar-refractivity contribution in [2.45, 2.75) is 19.4 Å². The number of benzene rings is 1. The lowest BCUT2D eigenvalue weighted by molar-refractivity contribution is 0.577. The SMILES string of the molecule is CCC(NC)c1ccc(N(C)CCSC)cc1. The van der Waals surface area contributed by atoms with Gasteiger partial charge < -0.3 is 10.2 Å². The van der Waals surface area contributed by atoms with Crippen molar-refractivity contribution in [2.75, 3.05) is 37.5 Å². The summed E-state index contributed by atoms with van der Waals surface area (Å²) in [5.74, 6) is 1.17. The molecule has 96 valence electrons. The molecule has 0 radical (unpaired) electrons. The zero-order chi connectivity index (χ0) is 12.7. The Morgan fingerprint density at radius 2 is 1.94 bits per heavy atom. The minimum Gasteiger partial charge on any atom is -0.374 e. The first-order valence-corrected chi connectivity index (χ1v) is 7.59. The van der Waals surface area contributed by atoms with Crippen LogP contribution in [-0.2, 0) is 0 Å². The van der Waals surface area contributed by atoms with Crippen molar-refractivity contribution in [1.82, 2.24) is 5.32 Å². The smallest absolute Gasteiger partial charge is 0.0364 e. The van der Waals surface area contributed by atoms with E-state index in [0.29, 0.717) is 6.04 Å². The number of thioether (sulfide) groups is 1. The summed E-state index contributed by atoms with van der Waals surface area (Å²) in [6, 6.07) is 9.37. The zero-order valence-corrected chi connectivity index (χ0v) is 12.2. The van der Waals surface area contributed by atoms with Gasteiger partial charge in [0.05, 0.1) is 0 Å². The summed E-state index contributed by atoms with van der Waals surface area (Å²) in [6.07, 6.45) is 3.27. The lowest BCUT2D eigenvalue weighted by Crippen LogP contribution is -2.20. The molecule has 1 atom stereocenters. The Morgan fingerprint density at radius 3 is 2.41 bits per heavy atom. The molecular weight excluding hydrogens is 228 g/mol. The molecule has 1 unspecified atom stereocenters. The van der Waals surface area contributed by atoms with Crippen LogP contribution in [0.3, 0.4) is 0 Å². The van der Waals surface area contributed by atoms with Crippen molar-refractivity contribution in [2.24, 2.45) is 0 Å². The topological polar surface area (TPSA) is 15.3 Å². The maximum atomic E-state index is 3.33. The largest absolute Gasteiger partial charge is 0.374 e. The van der Waals surface area contributed by atoms with Gasteiger partial charge in [0.25, 0.3) is 0 Å². The second-order valence-electron chi connectivity index (χ2n) is 4.26. The van der Waals surface area contributed by atoms with Gasteiger partial charge in [-0.15, -0.1) is 0 Å². The van der Waals surface area contributed by atoms with Gasteiger partial charge >= 0.3 is 0 Å². The summed E-state index contributed by atoms with van der Waals surface area (Å²) in [6.45, 7) is 3.31. The number of nitrogens with zero attached hydrogens (tertiary/aromatic N) is 1. The Kier molecular flexibility index (Phi) is 6.45. The van der Waals surface area contributed by atoms with E-state index >= 15 is 0 Å². The molecule has 0 bridgehead atoms. The molecule has 0 saturated carbocycles. The summed E-state index contributed by atoms with van der Waals surface area (Å²) in [5.41, 5.74) is 2.67. The van der Waals surface area contributed by atoms with Crippen LogP contribution in [0, 0.1) is 0 Å². The van der Waals surface area contributed by atoms with Crippen LogP contribution in [0.15, 0.2) is 24.3 Å². The minimum absolute atomic E-state index is 0.473. The van der Waals surface area contributed by atoms with Crippen molar-refractivity contribution in [3.63, 3.8) is 0 Å². The maximum absolute atomic E-state index is 3.33. The normalized spacial score (nSPS) is 12.5. The number of anilines is 1. The quantitative estimate of drug-likeness (QED) is 0.802. The van der Waals surface area contributed by atoms with E-state index in [1.165, 1.54) is 17.0 Å². The van der Waals surface area contributed by atoms with Crippen LogP contribution in [0.2, 0.25) is 0 Å². The molecule has 0 amide bonds. The molecule has 0 aromatic heterocycles. The highest BCUT2D eigenvalue weighted by Gasteiger charge is 2.06. The molecule has 0 saturated heterocycles. The molecule has 0 aliphatic carbocycles. The van der Waals surface area contributed by atoms with Gasteiger partial charge in [-0.1, -0.05) is 19.1 Å². The first-order valence-electron chi connectivity index (χ1n) is 6.20. The molecule has 0 fully saturated rings. The van der Waals surface area contributed by atoms with Gasteiger partial charge in [-0.2, -0.15) is 11.8 Å². The van der Waals surface area contributed by atoms with Gasteiger partial charge in [0.2, 0.25) is 0 Å². The van der Waals surface area contributed by atoms with Gasteiger partial charge in [0.15, 0.2) is 0 Å². The summed E-state index contributed by atoms with van der Waals surface area (Å²) in [4.78, 5) is 2.31. The molecule has 1 aromatic rings. The predicted molar refractivity (Wildman–Crippen MR) is 80.2 cm³/mol. The first kappa shape index (κ1) is 14.4. The van der Waals surface area contributed by atoms with Gasteiger partial charge in [-0.25, -0.2) is 0 Å². The Hall–Kier alpha value is -0.670. The van der Waals surface area contributed by atoms with Crippen molar-refractivity contribution in [1.29, 1.82) is 0 Å². The zero-order valence-electron chi connectivity index (χ0n) is 11.4. The molecule has 17 heavy (non-hydrogen) atoms. The fourth-order valence-electron chi connectivity index (χ4n) is 1.92. The summed E-state index contributed by atoms with van der Waals surface area (Å²) in [7, 11) is 4.17. The van der Waals surface area contributed by atoms with E-state index in [1.54, 1.807) is 0 Å². The Morgan fingerprint density at radius 1 is 1.29 bits per heavy atom. The summed E-state index contributed by atoms with van der Waals surface area (Å²) >= 11 is 1.89. The highest BCUT2D eigenvalue weighted by Crippen LogP contribution is 2.20. The van der Waals surface area contributed by atoms with E-state index in [0.717, 1.165) is 13.0 Å². The average Bonchev–Trinajstić information content (AvgIpc) is 2.38. The van der Waals surface area contributed by atoms with Crippen LogP contribution < -0.4 is 10.2 Å². The molecule has 2 nitrogen and oxygen atoms in total. The monoisotopic (exact) mass is 252 g/mol.